The summed E-state index contributed by atoms with van der Waals surface area (Å²) in [5.41, 5.74) is 4.00. The summed E-state index contributed by atoms with van der Waals surface area (Å²) in [6.45, 7) is 4.69. The second kappa shape index (κ2) is 14.1. The van der Waals surface area contributed by atoms with Crippen LogP contribution in [0.25, 0.3) is 0 Å². The standard InChI is InChI=1S/C38H39ClN4O5/c1-38(2)19-29-35(32(45)20-38)37(27-14-13-26(18-28(27)39)48-23-24-8-4-3-5-9-24)43(30-11-6-12-31(44)36(30)42-29)34(47)16-15-33(46)41-22-25-10-7-17-40-21-25/h3-5,7-11,13-14,17-18,21,37,42,44H,6,12,15-16,19-20,22-23H2,1-2H3,(H,41,46). The monoisotopic (exact) mass is 666 g/mol. The Bertz CT molecular complexity index is 1820. The number of fused-ring (bicyclic) bond motifs is 1. The summed E-state index contributed by atoms with van der Waals surface area (Å²) in [7, 11) is 0. The second-order valence-electron chi connectivity index (χ2n) is 13.2. The van der Waals surface area contributed by atoms with Crippen LogP contribution in [0.3, 0.4) is 0 Å². The third-order valence-corrected chi connectivity index (χ3v) is 9.14. The lowest BCUT2D eigenvalue weighted by Crippen LogP contribution is -2.39. The van der Waals surface area contributed by atoms with Crippen molar-refractivity contribution < 1.29 is 24.2 Å². The van der Waals surface area contributed by atoms with Crippen molar-refractivity contribution in [2.45, 2.75) is 71.6 Å². The number of ketones is 1. The number of allylic oxidation sites excluding steroid dienone is 3. The van der Waals surface area contributed by atoms with Crippen molar-refractivity contribution in [2.75, 3.05) is 0 Å². The molecule has 10 heteroatoms. The largest absolute Gasteiger partial charge is 0.510 e. The number of nitrogens with zero attached hydrogens (tertiary/aromatic N) is 2. The zero-order chi connectivity index (χ0) is 33.8. The van der Waals surface area contributed by atoms with E-state index in [4.69, 9.17) is 16.3 Å². The lowest BCUT2D eigenvalue weighted by Gasteiger charge is -2.37. The quantitative estimate of drug-likeness (QED) is 0.225. The van der Waals surface area contributed by atoms with E-state index in [1.165, 1.54) is 0 Å². The van der Waals surface area contributed by atoms with Crippen molar-refractivity contribution >= 4 is 29.2 Å². The summed E-state index contributed by atoms with van der Waals surface area (Å²) in [4.78, 5) is 47.0. The molecule has 0 radical (unpaired) electrons. The summed E-state index contributed by atoms with van der Waals surface area (Å²) in [5.74, 6) is -0.114. The third-order valence-electron chi connectivity index (χ3n) is 8.81. The van der Waals surface area contributed by atoms with Gasteiger partial charge >= 0.3 is 0 Å². The Balaban J connectivity index is 1.36. The summed E-state index contributed by atoms with van der Waals surface area (Å²) >= 11 is 7.01. The van der Waals surface area contributed by atoms with E-state index in [0.29, 0.717) is 64.9 Å². The number of benzene rings is 2. The van der Waals surface area contributed by atoms with Crippen LogP contribution in [-0.2, 0) is 27.5 Å². The normalized spacial score (nSPS) is 18.6. The molecular formula is C38H39ClN4O5. The Hall–Kier alpha value is -4.89. The maximum absolute atomic E-state index is 14.4. The number of pyridine rings is 1. The molecule has 9 nitrogen and oxygen atoms in total. The number of aliphatic hydroxyl groups is 1. The van der Waals surface area contributed by atoms with E-state index in [0.717, 1.165) is 11.1 Å². The highest BCUT2D eigenvalue weighted by Gasteiger charge is 2.45. The van der Waals surface area contributed by atoms with Crippen LogP contribution in [0.2, 0.25) is 5.02 Å². The number of halogens is 1. The van der Waals surface area contributed by atoms with Gasteiger partial charge in [-0.05, 0) is 53.1 Å². The number of hydrogen-bond acceptors (Lipinski definition) is 7. The van der Waals surface area contributed by atoms with Gasteiger partial charge in [-0.3, -0.25) is 24.3 Å². The first kappa shape index (κ1) is 33.0. The highest BCUT2D eigenvalue weighted by atomic mass is 35.5. The van der Waals surface area contributed by atoms with Gasteiger partial charge in [-0.2, -0.15) is 0 Å². The first-order valence-corrected chi connectivity index (χ1v) is 16.6. The number of hydrogen-bond donors (Lipinski definition) is 3. The molecule has 2 aromatic carbocycles. The minimum atomic E-state index is -0.896. The smallest absolute Gasteiger partial charge is 0.228 e. The van der Waals surface area contributed by atoms with Crippen LogP contribution in [0.15, 0.2) is 108 Å². The molecule has 248 valence electrons. The van der Waals surface area contributed by atoms with E-state index in [-0.39, 0.29) is 54.6 Å². The number of ether oxygens (including phenoxy) is 1. The molecule has 0 bridgehead atoms. The molecular weight excluding hydrogens is 628 g/mol. The van der Waals surface area contributed by atoms with E-state index in [2.05, 4.69) is 15.6 Å². The fourth-order valence-electron chi connectivity index (χ4n) is 6.52. The van der Waals surface area contributed by atoms with Crippen LogP contribution in [0.5, 0.6) is 5.75 Å². The number of rotatable bonds is 9. The molecule has 1 aliphatic heterocycles. The summed E-state index contributed by atoms with van der Waals surface area (Å²) in [5, 5.41) is 17.7. The molecule has 0 saturated carbocycles. The van der Waals surface area contributed by atoms with E-state index in [1.807, 2.05) is 56.3 Å². The third kappa shape index (κ3) is 7.31. The molecule has 0 saturated heterocycles. The fraction of sp³-hybridized carbons (Fsp3) is 0.316. The number of aliphatic hydroxyl groups excluding tert-OH is 1. The van der Waals surface area contributed by atoms with Crippen molar-refractivity contribution in [1.29, 1.82) is 0 Å². The van der Waals surface area contributed by atoms with Gasteiger partial charge < -0.3 is 20.5 Å². The van der Waals surface area contributed by atoms with Gasteiger partial charge in [0.05, 0.1) is 11.7 Å². The maximum Gasteiger partial charge on any atom is 0.228 e. The number of nitrogens with one attached hydrogen (secondary N) is 2. The molecule has 1 atom stereocenters. The predicted octanol–water partition coefficient (Wildman–Crippen LogP) is 6.97. The van der Waals surface area contributed by atoms with E-state index in [1.54, 1.807) is 41.6 Å². The molecule has 2 heterocycles. The molecule has 48 heavy (non-hydrogen) atoms. The van der Waals surface area contributed by atoms with Gasteiger partial charge in [0.25, 0.3) is 0 Å². The number of Topliss-reactive ketones (excluding diaryl/α,β-unsaturated/α-hetero) is 1. The molecule has 6 rings (SSSR count). The van der Waals surface area contributed by atoms with Crippen molar-refractivity contribution in [3.05, 3.63) is 129 Å². The first-order valence-electron chi connectivity index (χ1n) is 16.2. The first-order chi connectivity index (χ1) is 23.1. The van der Waals surface area contributed by atoms with E-state index >= 15 is 0 Å². The molecule has 0 spiro atoms. The number of amides is 2. The molecule has 1 unspecified atom stereocenters. The fourth-order valence-corrected chi connectivity index (χ4v) is 6.80. The van der Waals surface area contributed by atoms with Crippen molar-refractivity contribution in [3.63, 3.8) is 0 Å². The molecule has 0 fully saturated rings. The van der Waals surface area contributed by atoms with Crippen LogP contribution >= 0.6 is 11.6 Å². The van der Waals surface area contributed by atoms with Gasteiger partial charge in [-0.15, -0.1) is 0 Å². The van der Waals surface area contributed by atoms with Crippen LogP contribution < -0.4 is 15.4 Å². The zero-order valence-corrected chi connectivity index (χ0v) is 27.8. The summed E-state index contributed by atoms with van der Waals surface area (Å²) in [6.07, 6.45) is 6.74. The topological polar surface area (TPSA) is 121 Å². The Morgan fingerprint density at radius 3 is 2.62 bits per heavy atom. The van der Waals surface area contributed by atoms with E-state index in [9.17, 15) is 19.5 Å². The number of carbonyl (C=O) groups excluding carboxylic acids is 3. The van der Waals surface area contributed by atoms with Gasteiger partial charge in [0.1, 0.15) is 23.8 Å². The van der Waals surface area contributed by atoms with Crippen molar-refractivity contribution in [2.24, 2.45) is 5.41 Å². The maximum atomic E-state index is 14.4. The Labute approximate surface area is 285 Å². The van der Waals surface area contributed by atoms with Crippen LogP contribution in [-0.4, -0.2) is 32.6 Å². The average molecular weight is 667 g/mol. The molecule has 2 amide bonds. The molecule has 3 aliphatic rings. The lowest BCUT2D eigenvalue weighted by atomic mass is 9.73. The van der Waals surface area contributed by atoms with Crippen LogP contribution in [0.4, 0.5) is 0 Å². The SMILES string of the molecule is CC1(C)CC(=O)C2=C(C1)NC1=C(O)CCC=C1N(C(=O)CCC(=O)NCc1cccnc1)C2c1ccc(OCc2ccccc2)cc1Cl. The molecule has 3 N–H and O–H groups in total. The van der Waals surface area contributed by atoms with Crippen LogP contribution in [0.1, 0.15) is 75.1 Å². The minimum Gasteiger partial charge on any atom is -0.510 e. The van der Waals surface area contributed by atoms with E-state index < -0.39 is 6.04 Å². The van der Waals surface area contributed by atoms with Gasteiger partial charge in [-0.25, -0.2) is 0 Å². The molecule has 3 aromatic rings. The molecule has 2 aliphatic carbocycles. The summed E-state index contributed by atoms with van der Waals surface area (Å²) in [6, 6.07) is 17.8. The Kier molecular flexibility index (Phi) is 9.68. The van der Waals surface area contributed by atoms with Gasteiger partial charge in [-0.1, -0.05) is 74.0 Å². The zero-order valence-electron chi connectivity index (χ0n) is 27.1. The number of carbonyl (C=O) groups is 3. The van der Waals surface area contributed by atoms with Gasteiger partial charge in [0.2, 0.25) is 11.8 Å². The number of aromatic nitrogens is 1. The Morgan fingerprint density at radius 2 is 1.88 bits per heavy atom. The molecule has 1 aromatic heterocycles. The summed E-state index contributed by atoms with van der Waals surface area (Å²) < 4.78 is 6.03. The van der Waals surface area contributed by atoms with Gasteiger partial charge in [0, 0.05) is 60.9 Å². The highest BCUT2D eigenvalue weighted by molar-refractivity contribution is 6.31. The van der Waals surface area contributed by atoms with Gasteiger partial charge in [0.15, 0.2) is 5.78 Å². The minimum absolute atomic E-state index is 0.0685. The van der Waals surface area contributed by atoms with Crippen molar-refractivity contribution in [1.82, 2.24) is 20.5 Å². The lowest BCUT2D eigenvalue weighted by molar-refractivity contribution is -0.133. The van der Waals surface area contributed by atoms with Crippen molar-refractivity contribution in [3.8, 4) is 5.75 Å². The van der Waals surface area contributed by atoms with Crippen LogP contribution in [0, 0.1) is 5.41 Å². The second-order valence-corrected chi connectivity index (χ2v) is 13.6. The highest BCUT2D eigenvalue weighted by Crippen LogP contribution is 2.49. The predicted molar refractivity (Wildman–Crippen MR) is 182 cm³/mol. The Morgan fingerprint density at radius 1 is 1.08 bits per heavy atom. The average Bonchev–Trinajstić information content (AvgIpc) is 3.21.